The molecule has 0 bridgehead atoms. The molecule has 0 aliphatic carbocycles. The van der Waals surface area contributed by atoms with Crippen LogP contribution in [0.4, 0.5) is 0 Å². The molecule has 0 spiro atoms. The van der Waals surface area contributed by atoms with Crippen molar-refractivity contribution in [2.75, 3.05) is 6.54 Å². The molecule has 6 heteroatoms. The lowest BCUT2D eigenvalue weighted by Crippen LogP contribution is -2.46. The summed E-state index contributed by atoms with van der Waals surface area (Å²) >= 11 is 1.51. The Kier molecular flexibility index (Phi) is 4.59. The maximum absolute atomic E-state index is 12.1. The van der Waals surface area contributed by atoms with Crippen molar-refractivity contribution in [2.24, 2.45) is 0 Å². The minimum absolute atomic E-state index is 0.0478. The van der Waals surface area contributed by atoms with E-state index in [-0.39, 0.29) is 11.9 Å². The standard InChI is InChI=1S/C16H21N3O2S/c1-10-7-12(5-6-17-10)18-15(20)8-13-9-22-16(19-13)14-4-3-11(2)21-14/h3-4,9-10,12,17H,5-8H2,1-2H3,(H,18,20). The number of hydrogen-bond acceptors (Lipinski definition) is 5. The average Bonchev–Trinajstić information content (AvgIpc) is 3.07. The van der Waals surface area contributed by atoms with Crippen molar-refractivity contribution in [1.82, 2.24) is 15.6 Å². The number of aromatic nitrogens is 1. The predicted octanol–water partition coefficient (Wildman–Crippen LogP) is 2.51. The normalized spacial score (nSPS) is 21.7. The van der Waals surface area contributed by atoms with Gasteiger partial charge in [0.15, 0.2) is 10.8 Å². The number of thiazole rings is 1. The Morgan fingerprint density at radius 3 is 3.14 bits per heavy atom. The zero-order valence-electron chi connectivity index (χ0n) is 12.9. The highest BCUT2D eigenvalue weighted by atomic mass is 32.1. The van der Waals surface area contributed by atoms with Crippen molar-refractivity contribution in [1.29, 1.82) is 0 Å². The van der Waals surface area contributed by atoms with Crippen LogP contribution in [0.15, 0.2) is 21.9 Å². The summed E-state index contributed by atoms with van der Waals surface area (Å²) < 4.78 is 5.56. The van der Waals surface area contributed by atoms with E-state index in [1.165, 1.54) is 11.3 Å². The maximum atomic E-state index is 12.1. The summed E-state index contributed by atoms with van der Waals surface area (Å²) in [7, 11) is 0. The van der Waals surface area contributed by atoms with Gasteiger partial charge >= 0.3 is 0 Å². The molecular weight excluding hydrogens is 298 g/mol. The van der Waals surface area contributed by atoms with Crippen LogP contribution in [0.5, 0.6) is 0 Å². The van der Waals surface area contributed by atoms with Crippen molar-refractivity contribution in [3.8, 4) is 10.8 Å². The van der Waals surface area contributed by atoms with Gasteiger partial charge in [0, 0.05) is 17.5 Å². The smallest absolute Gasteiger partial charge is 0.226 e. The van der Waals surface area contributed by atoms with Gasteiger partial charge in [-0.15, -0.1) is 11.3 Å². The molecule has 118 valence electrons. The van der Waals surface area contributed by atoms with Crippen molar-refractivity contribution >= 4 is 17.2 Å². The highest BCUT2D eigenvalue weighted by molar-refractivity contribution is 7.13. The van der Waals surface area contributed by atoms with Crippen LogP contribution in [0, 0.1) is 6.92 Å². The Morgan fingerprint density at radius 2 is 2.41 bits per heavy atom. The van der Waals surface area contributed by atoms with Crippen molar-refractivity contribution in [3.63, 3.8) is 0 Å². The van der Waals surface area contributed by atoms with E-state index >= 15 is 0 Å². The zero-order chi connectivity index (χ0) is 15.5. The third kappa shape index (κ3) is 3.75. The first-order valence-corrected chi connectivity index (χ1v) is 8.52. The van der Waals surface area contributed by atoms with Crippen molar-refractivity contribution in [2.45, 2.75) is 45.2 Å². The second-order valence-electron chi connectivity index (χ2n) is 5.88. The van der Waals surface area contributed by atoms with E-state index in [0.717, 1.165) is 41.6 Å². The van der Waals surface area contributed by atoms with Gasteiger partial charge in [0.1, 0.15) is 5.76 Å². The molecule has 0 saturated carbocycles. The predicted molar refractivity (Wildman–Crippen MR) is 86.9 cm³/mol. The van der Waals surface area contributed by atoms with Crippen LogP contribution in [0.1, 0.15) is 31.2 Å². The van der Waals surface area contributed by atoms with Crippen LogP contribution < -0.4 is 10.6 Å². The lowest BCUT2D eigenvalue weighted by atomic mass is 10.0. The average molecular weight is 319 g/mol. The first-order chi connectivity index (χ1) is 10.6. The summed E-state index contributed by atoms with van der Waals surface area (Å²) in [6.07, 6.45) is 2.30. The lowest BCUT2D eigenvalue weighted by molar-refractivity contribution is -0.121. The van der Waals surface area contributed by atoms with E-state index in [9.17, 15) is 4.79 Å². The molecule has 2 N–H and O–H groups in total. The van der Waals surface area contributed by atoms with Gasteiger partial charge in [-0.25, -0.2) is 4.98 Å². The Hall–Kier alpha value is -1.66. The highest BCUT2D eigenvalue weighted by Gasteiger charge is 2.20. The fraction of sp³-hybridized carbons (Fsp3) is 0.500. The van der Waals surface area contributed by atoms with E-state index in [2.05, 4.69) is 22.5 Å². The van der Waals surface area contributed by atoms with Crippen LogP contribution in [0.25, 0.3) is 10.8 Å². The summed E-state index contributed by atoms with van der Waals surface area (Å²) in [5.41, 5.74) is 0.800. The van der Waals surface area contributed by atoms with E-state index < -0.39 is 0 Å². The molecule has 1 aliphatic heterocycles. The second kappa shape index (κ2) is 6.62. The van der Waals surface area contributed by atoms with Gasteiger partial charge in [0.05, 0.1) is 12.1 Å². The SMILES string of the molecule is Cc1ccc(-c2nc(CC(=O)NC3CCNC(C)C3)cs2)o1. The molecule has 5 nitrogen and oxygen atoms in total. The Labute approximate surface area is 134 Å². The van der Waals surface area contributed by atoms with E-state index in [4.69, 9.17) is 4.42 Å². The molecule has 2 atom stereocenters. The van der Waals surface area contributed by atoms with Crippen LogP contribution >= 0.6 is 11.3 Å². The number of hydrogen-bond donors (Lipinski definition) is 2. The molecule has 1 saturated heterocycles. The summed E-state index contributed by atoms with van der Waals surface area (Å²) in [5.74, 6) is 1.68. The molecule has 3 rings (SSSR count). The highest BCUT2D eigenvalue weighted by Crippen LogP contribution is 2.25. The first kappa shape index (κ1) is 15.2. The number of nitrogens with one attached hydrogen (secondary N) is 2. The van der Waals surface area contributed by atoms with Crippen molar-refractivity contribution < 1.29 is 9.21 Å². The first-order valence-electron chi connectivity index (χ1n) is 7.64. The minimum Gasteiger partial charge on any atom is -0.459 e. The van der Waals surface area contributed by atoms with E-state index in [1.807, 2.05) is 24.4 Å². The number of rotatable bonds is 4. The number of carbonyl (C=O) groups is 1. The van der Waals surface area contributed by atoms with Gasteiger partial charge in [0.25, 0.3) is 0 Å². The number of nitrogens with zero attached hydrogens (tertiary/aromatic N) is 1. The summed E-state index contributed by atoms with van der Waals surface area (Å²) in [5, 5.41) is 9.25. The van der Waals surface area contributed by atoms with Gasteiger partial charge in [-0.2, -0.15) is 0 Å². The zero-order valence-corrected chi connectivity index (χ0v) is 13.7. The largest absolute Gasteiger partial charge is 0.459 e. The molecule has 0 radical (unpaired) electrons. The minimum atomic E-state index is 0.0478. The van der Waals surface area contributed by atoms with Crippen LogP contribution in [-0.4, -0.2) is 29.5 Å². The Bertz CT molecular complexity index is 649. The topological polar surface area (TPSA) is 67.2 Å². The number of amides is 1. The lowest BCUT2D eigenvalue weighted by Gasteiger charge is -2.28. The molecular formula is C16H21N3O2S. The quantitative estimate of drug-likeness (QED) is 0.909. The van der Waals surface area contributed by atoms with Gasteiger partial charge in [-0.1, -0.05) is 0 Å². The summed E-state index contributed by atoms with van der Waals surface area (Å²) in [6.45, 7) is 5.02. The van der Waals surface area contributed by atoms with Crippen LogP contribution in [0.3, 0.4) is 0 Å². The van der Waals surface area contributed by atoms with Crippen LogP contribution in [-0.2, 0) is 11.2 Å². The van der Waals surface area contributed by atoms with Gasteiger partial charge < -0.3 is 15.1 Å². The van der Waals surface area contributed by atoms with Gasteiger partial charge in [-0.05, 0) is 45.4 Å². The Morgan fingerprint density at radius 1 is 1.55 bits per heavy atom. The fourth-order valence-corrected chi connectivity index (χ4v) is 3.54. The molecule has 2 unspecified atom stereocenters. The summed E-state index contributed by atoms with van der Waals surface area (Å²) in [6, 6.07) is 4.57. The third-order valence-corrected chi connectivity index (χ3v) is 4.74. The molecule has 1 fully saturated rings. The second-order valence-corrected chi connectivity index (χ2v) is 6.73. The monoisotopic (exact) mass is 319 g/mol. The number of furan rings is 1. The molecule has 2 aromatic heterocycles. The molecule has 0 aromatic carbocycles. The molecule has 1 aliphatic rings. The molecule has 2 aromatic rings. The van der Waals surface area contributed by atoms with E-state index in [0.29, 0.717) is 12.5 Å². The number of piperidine rings is 1. The summed E-state index contributed by atoms with van der Waals surface area (Å²) in [4.78, 5) is 16.6. The van der Waals surface area contributed by atoms with Crippen LogP contribution in [0.2, 0.25) is 0 Å². The number of aryl methyl sites for hydroxylation is 1. The Balaban J connectivity index is 1.56. The molecule has 22 heavy (non-hydrogen) atoms. The molecule has 3 heterocycles. The number of carbonyl (C=O) groups excluding carboxylic acids is 1. The van der Waals surface area contributed by atoms with Gasteiger partial charge in [-0.3, -0.25) is 4.79 Å². The maximum Gasteiger partial charge on any atom is 0.226 e. The molecule has 1 amide bonds. The third-order valence-electron chi connectivity index (χ3n) is 3.83. The van der Waals surface area contributed by atoms with E-state index in [1.54, 1.807) is 0 Å². The van der Waals surface area contributed by atoms with Gasteiger partial charge in [0.2, 0.25) is 5.91 Å². The van der Waals surface area contributed by atoms with Crippen molar-refractivity contribution in [3.05, 3.63) is 29.0 Å². The fourth-order valence-electron chi connectivity index (χ4n) is 2.76.